The van der Waals surface area contributed by atoms with E-state index in [0.29, 0.717) is 27.0 Å². The minimum Gasteiger partial charge on any atom is -0.507 e. The third-order valence-corrected chi connectivity index (χ3v) is 6.41. The van der Waals surface area contributed by atoms with E-state index >= 15 is 0 Å². The molecule has 1 heterocycles. The summed E-state index contributed by atoms with van der Waals surface area (Å²) in [6.07, 6.45) is 4.53. The van der Waals surface area contributed by atoms with Gasteiger partial charge in [-0.2, -0.15) is 15.3 Å². The van der Waals surface area contributed by atoms with Gasteiger partial charge in [0.15, 0.2) is 10.1 Å². The maximum absolute atomic E-state index is 12.5. The number of hydrogen-bond donors (Lipinski definition) is 3. The molecule has 1 aromatic heterocycles. The van der Waals surface area contributed by atoms with E-state index in [4.69, 9.17) is 16.7 Å². The molecule has 3 rings (SSSR count). The Morgan fingerprint density at radius 1 is 1.19 bits per heavy atom. The van der Waals surface area contributed by atoms with Crippen LogP contribution in [0, 0.1) is 6.92 Å². The fourth-order valence-corrected chi connectivity index (χ4v) is 3.61. The van der Waals surface area contributed by atoms with Crippen molar-refractivity contribution in [3.63, 3.8) is 0 Å². The lowest BCUT2D eigenvalue weighted by molar-refractivity contribution is 0.398. The first-order valence-electron chi connectivity index (χ1n) is 8.94. The van der Waals surface area contributed by atoms with Crippen LogP contribution < -0.4 is 10.1 Å². The number of thiocarbonyl (C=S) groups is 1. The van der Waals surface area contributed by atoms with Gasteiger partial charge in [-0.05, 0) is 55.6 Å². The number of nitrogens with one attached hydrogen (secondary N) is 2. The number of azo groups is 1. The van der Waals surface area contributed by atoms with Gasteiger partial charge in [-0.15, -0.1) is 0 Å². The zero-order valence-corrected chi connectivity index (χ0v) is 19.3. The van der Waals surface area contributed by atoms with Crippen molar-refractivity contribution in [1.82, 2.24) is 10.6 Å². The Bertz CT molecular complexity index is 1270. The number of phenolic OH excluding ortho intramolecular Hbond substituents is 1. The van der Waals surface area contributed by atoms with E-state index in [0.717, 1.165) is 0 Å². The van der Waals surface area contributed by atoms with E-state index < -0.39 is 10.0 Å². The van der Waals surface area contributed by atoms with Crippen LogP contribution in [0.1, 0.15) is 11.3 Å². The normalized spacial score (nSPS) is 11.8. The number of aromatic hydroxyl groups is 1. The van der Waals surface area contributed by atoms with Crippen molar-refractivity contribution < 1.29 is 18.0 Å². The van der Waals surface area contributed by atoms with Crippen LogP contribution in [0.3, 0.4) is 0 Å². The summed E-state index contributed by atoms with van der Waals surface area (Å²) in [5, 5.41) is 25.7. The number of aryl methyl sites for hydroxylation is 1. The molecule has 0 saturated carbocycles. The fraction of sp³-hybridized carbons (Fsp3) is 0.105. The fourth-order valence-electron chi connectivity index (χ4n) is 2.32. The van der Waals surface area contributed by atoms with Gasteiger partial charge in [0.2, 0.25) is 0 Å². The molecule has 0 unspecified atom stereocenters. The minimum absolute atomic E-state index is 0.0229. The number of anilines is 1. The van der Waals surface area contributed by atoms with Crippen LogP contribution in [-0.4, -0.2) is 35.5 Å². The van der Waals surface area contributed by atoms with Crippen LogP contribution in [0.2, 0.25) is 0 Å². The van der Waals surface area contributed by atoms with Crippen molar-refractivity contribution in [2.75, 3.05) is 11.0 Å². The first kappa shape index (κ1) is 23.4. The van der Waals surface area contributed by atoms with E-state index in [1.54, 1.807) is 19.1 Å². The molecule has 0 radical (unpaired) electrons. The van der Waals surface area contributed by atoms with Gasteiger partial charge in [0, 0.05) is 5.56 Å². The molecule has 3 N–H and O–H groups in total. The first-order chi connectivity index (χ1) is 15.3. The lowest BCUT2D eigenvalue weighted by Gasteiger charge is -2.06. The molecule has 0 amide bonds. The van der Waals surface area contributed by atoms with E-state index in [-0.39, 0.29) is 16.3 Å². The third kappa shape index (κ3) is 6.12. The molecule has 0 bridgehead atoms. The molecular weight excluding hydrogens is 472 g/mol. The molecule has 0 saturated heterocycles. The third-order valence-electron chi connectivity index (χ3n) is 3.98. The Balaban J connectivity index is 1.71. The zero-order valence-electron chi connectivity index (χ0n) is 16.9. The molecule has 166 valence electrons. The predicted octanol–water partition coefficient (Wildman–Crippen LogP) is 4.48. The van der Waals surface area contributed by atoms with Crippen molar-refractivity contribution in [1.29, 1.82) is 0 Å². The van der Waals surface area contributed by atoms with Gasteiger partial charge >= 0.3 is 0 Å². The first-order valence-corrected chi connectivity index (χ1v) is 12.1. The standard InChI is InChI=1S/C19H18N6O4S3/c1-12-17(11-21-29-12)25-32(27,28)16-6-3-14(4-7-16)22-23-15-5-8-18(26)13(9-15)10-20-24-19(30)31-2/h3-11,25-26H,1-2H3,(H,24,30)/b20-10+,23-22?. The Morgan fingerprint density at radius 3 is 2.53 bits per heavy atom. The quantitative estimate of drug-likeness (QED) is 0.190. The average Bonchev–Trinajstić information content (AvgIpc) is 3.17. The molecule has 3 aromatic rings. The smallest absolute Gasteiger partial charge is 0.262 e. The van der Waals surface area contributed by atoms with Gasteiger partial charge in [-0.1, -0.05) is 29.1 Å². The van der Waals surface area contributed by atoms with Crippen LogP contribution in [0.5, 0.6) is 5.75 Å². The van der Waals surface area contributed by atoms with Gasteiger partial charge in [0.25, 0.3) is 10.0 Å². The average molecular weight is 491 g/mol. The van der Waals surface area contributed by atoms with Gasteiger partial charge in [-0.3, -0.25) is 10.1 Å². The number of phenols is 1. The molecule has 0 atom stereocenters. The number of thioether (sulfide) groups is 1. The van der Waals surface area contributed by atoms with Crippen molar-refractivity contribution in [2.24, 2.45) is 15.3 Å². The SMILES string of the molecule is CSC(=S)N/N=C/c1cc(N=Nc2ccc(S(=O)(=O)Nc3cnoc3C)cc2)ccc1O. The highest BCUT2D eigenvalue weighted by atomic mass is 32.2. The van der Waals surface area contributed by atoms with Crippen LogP contribution >= 0.6 is 24.0 Å². The molecule has 0 aliphatic carbocycles. The second-order valence-electron chi connectivity index (χ2n) is 6.20. The molecule has 0 fully saturated rings. The summed E-state index contributed by atoms with van der Waals surface area (Å²) in [5.41, 5.74) is 4.27. The molecule has 0 aliphatic rings. The number of aromatic nitrogens is 1. The topological polar surface area (TPSA) is 142 Å². The summed E-state index contributed by atoms with van der Waals surface area (Å²) < 4.78 is 32.7. The van der Waals surface area contributed by atoms with Gasteiger partial charge in [0.05, 0.1) is 28.7 Å². The van der Waals surface area contributed by atoms with E-state index in [2.05, 4.69) is 30.6 Å². The summed E-state index contributed by atoms with van der Waals surface area (Å²) in [6, 6.07) is 10.5. The number of rotatable bonds is 7. The maximum atomic E-state index is 12.5. The molecule has 13 heteroatoms. The number of sulfonamides is 1. The van der Waals surface area contributed by atoms with E-state index in [1.807, 2.05) is 6.26 Å². The minimum atomic E-state index is -3.80. The number of hydrogen-bond acceptors (Lipinski definition) is 10. The monoisotopic (exact) mass is 490 g/mol. The Labute approximate surface area is 193 Å². The maximum Gasteiger partial charge on any atom is 0.262 e. The second-order valence-corrected chi connectivity index (χ2v) is 9.37. The predicted molar refractivity (Wildman–Crippen MR) is 128 cm³/mol. The van der Waals surface area contributed by atoms with Crippen molar-refractivity contribution >= 4 is 61.6 Å². The molecular formula is C19H18N6O4S3. The summed E-state index contributed by atoms with van der Waals surface area (Å²) in [7, 11) is -3.80. The molecule has 0 spiro atoms. The molecule has 10 nitrogen and oxygen atoms in total. The van der Waals surface area contributed by atoms with E-state index in [1.165, 1.54) is 54.5 Å². The van der Waals surface area contributed by atoms with Gasteiger partial charge < -0.3 is 9.63 Å². The van der Waals surface area contributed by atoms with Crippen LogP contribution in [-0.2, 0) is 10.0 Å². The number of hydrazone groups is 1. The van der Waals surface area contributed by atoms with Crippen LogP contribution in [0.15, 0.2) is 73.4 Å². The van der Waals surface area contributed by atoms with Crippen LogP contribution in [0.25, 0.3) is 0 Å². The summed E-state index contributed by atoms with van der Waals surface area (Å²) >= 11 is 6.32. The highest BCUT2D eigenvalue weighted by molar-refractivity contribution is 8.22. The molecule has 32 heavy (non-hydrogen) atoms. The molecule has 0 aliphatic heterocycles. The van der Waals surface area contributed by atoms with E-state index in [9.17, 15) is 13.5 Å². The van der Waals surface area contributed by atoms with Crippen LogP contribution in [0.4, 0.5) is 17.1 Å². The Kier molecular flexibility index (Phi) is 7.56. The van der Waals surface area contributed by atoms with Gasteiger partial charge in [-0.25, -0.2) is 8.42 Å². The second kappa shape index (κ2) is 10.3. The Morgan fingerprint density at radius 2 is 1.88 bits per heavy atom. The summed E-state index contributed by atoms with van der Waals surface area (Å²) in [4.78, 5) is 0.0517. The lowest BCUT2D eigenvalue weighted by atomic mass is 10.2. The Hall–Kier alpha value is -3.29. The highest BCUT2D eigenvalue weighted by Crippen LogP contribution is 2.25. The van der Waals surface area contributed by atoms with Gasteiger partial charge in [0.1, 0.15) is 11.4 Å². The molecule has 2 aromatic carbocycles. The largest absolute Gasteiger partial charge is 0.507 e. The lowest BCUT2D eigenvalue weighted by Crippen LogP contribution is -2.12. The van der Waals surface area contributed by atoms with Crippen molar-refractivity contribution in [3.05, 3.63) is 60.0 Å². The van der Waals surface area contributed by atoms with Crippen molar-refractivity contribution in [2.45, 2.75) is 11.8 Å². The highest BCUT2D eigenvalue weighted by Gasteiger charge is 2.16. The number of nitrogens with zero attached hydrogens (tertiary/aromatic N) is 4. The number of benzene rings is 2. The van der Waals surface area contributed by atoms with Crippen molar-refractivity contribution in [3.8, 4) is 5.75 Å². The summed E-state index contributed by atoms with van der Waals surface area (Å²) in [6.45, 7) is 1.60. The summed E-state index contributed by atoms with van der Waals surface area (Å²) in [5.74, 6) is 0.384. The zero-order chi connectivity index (χ0) is 23.1.